The molecule has 0 atom stereocenters. The van der Waals surface area contributed by atoms with E-state index in [9.17, 15) is 0 Å². The first-order valence-electron chi connectivity index (χ1n) is 19.1. The number of hydrogen-bond donors (Lipinski definition) is 1. The molecule has 8 aromatic rings. The van der Waals surface area contributed by atoms with Crippen molar-refractivity contribution in [1.82, 2.24) is 9.97 Å². The van der Waals surface area contributed by atoms with Crippen LogP contribution < -0.4 is 16.2 Å². The lowest BCUT2D eigenvalue weighted by molar-refractivity contribution is 1.06. The van der Waals surface area contributed by atoms with E-state index in [0.717, 1.165) is 83.3 Å². The smallest absolute Gasteiger partial charge is 0.157 e. The topological polar surface area (TPSA) is 76.5 Å². The SMILES string of the molecule is C=C(/C=c1/cccc/c1=C1\C=CC=CC1)c1cc(/C(N)=N/C(=N\Cc2ccccc2)c2ccccc2)cc(-c2cnc3c4ccccc4c4ccccc4c3n2)c1. The molecule has 0 aliphatic heterocycles. The highest BCUT2D eigenvalue weighted by molar-refractivity contribution is 6.23. The predicted octanol–water partition coefficient (Wildman–Crippen LogP) is 10.1. The Kier molecular flexibility index (Phi) is 9.70. The zero-order valence-corrected chi connectivity index (χ0v) is 31.4. The van der Waals surface area contributed by atoms with E-state index in [1.807, 2.05) is 60.8 Å². The van der Waals surface area contributed by atoms with Crippen LogP contribution >= 0.6 is 0 Å². The van der Waals surface area contributed by atoms with Crippen LogP contribution in [0.25, 0.3) is 61.1 Å². The maximum Gasteiger partial charge on any atom is 0.157 e. The number of rotatable bonds is 7. The average Bonchev–Trinajstić information content (AvgIpc) is 3.28. The maximum absolute atomic E-state index is 7.00. The molecule has 0 fully saturated rings. The van der Waals surface area contributed by atoms with Gasteiger partial charge >= 0.3 is 0 Å². The molecule has 0 spiro atoms. The number of benzene rings is 7. The molecule has 1 aliphatic rings. The summed E-state index contributed by atoms with van der Waals surface area (Å²) in [5.41, 5.74) is 16.0. The van der Waals surface area contributed by atoms with Crippen molar-refractivity contribution in [3.63, 3.8) is 0 Å². The summed E-state index contributed by atoms with van der Waals surface area (Å²) in [5, 5.41) is 6.70. The summed E-state index contributed by atoms with van der Waals surface area (Å²) >= 11 is 0. The van der Waals surface area contributed by atoms with E-state index >= 15 is 0 Å². The molecule has 7 aromatic carbocycles. The Morgan fingerprint density at radius 2 is 1.32 bits per heavy atom. The molecule has 0 amide bonds. The molecule has 272 valence electrons. The van der Waals surface area contributed by atoms with E-state index < -0.39 is 0 Å². The molecule has 0 bridgehead atoms. The molecule has 5 nitrogen and oxygen atoms in total. The van der Waals surface area contributed by atoms with Gasteiger partial charge in [0.15, 0.2) is 5.84 Å². The van der Waals surface area contributed by atoms with Crippen LogP contribution in [0.5, 0.6) is 0 Å². The van der Waals surface area contributed by atoms with Crippen molar-refractivity contribution in [2.45, 2.75) is 13.0 Å². The number of aromatic nitrogens is 2. The lowest BCUT2D eigenvalue weighted by Gasteiger charge is -2.13. The fraction of sp³-hybridized carbons (Fsp3) is 0.0385. The van der Waals surface area contributed by atoms with E-state index in [1.165, 1.54) is 10.8 Å². The van der Waals surface area contributed by atoms with E-state index in [2.05, 4.69) is 134 Å². The molecular formula is C52H39N5. The molecule has 5 heteroatoms. The van der Waals surface area contributed by atoms with Crippen LogP contribution in [-0.4, -0.2) is 21.6 Å². The third-order valence-corrected chi connectivity index (χ3v) is 10.4. The number of fused-ring (bicyclic) bond motifs is 6. The van der Waals surface area contributed by atoms with Gasteiger partial charge in [0.05, 0.1) is 29.5 Å². The molecular weight excluding hydrogens is 695 g/mol. The lowest BCUT2D eigenvalue weighted by Crippen LogP contribution is -2.26. The molecule has 0 saturated heterocycles. The molecule has 2 N–H and O–H groups in total. The molecule has 57 heavy (non-hydrogen) atoms. The first kappa shape index (κ1) is 35.2. The van der Waals surface area contributed by atoms with Crippen molar-refractivity contribution >= 4 is 61.5 Å². The molecule has 0 unspecified atom stereocenters. The van der Waals surface area contributed by atoms with Crippen LogP contribution in [0.4, 0.5) is 0 Å². The van der Waals surface area contributed by atoms with Crippen LogP contribution in [0.1, 0.15) is 28.7 Å². The standard InChI is InChI=1S/C52H39N5/c1-35(29-39-23-11-12-24-43(39)37-19-7-3-8-20-37)40-30-41(48-34-54-49-46-27-15-13-25-44(46)45-26-14-16-28-47(45)50(49)56-48)32-42(31-40)51(53)57-52(38-21-9-4-10-22-38)55-33-36-17-5-2-6-18-36/h2-19,21-32,34H,1,20,33H2,(H2,53,55,57)/b39-29-,43-37-. The second-order valence-corrected chi connectivity index (χ2v) is 14.1. The first-order valence-corrected chi connectivity index (χ1v) is 19.1. The van der Waals surface area contributed by atoms with Crippen LogP contribution in [-0.2, 0) is 6.54 Å². The molecule has 1 aromatic heterocycles. The number of allylic oxidation sites excluding steroid dienone is 5. The van der Waals surface area contributed by atoms with Gasteiger partial charge in [-0.05, 0) is 74.2 Å². The maximum atomic E-state index is 7.00. The zero-order valence-electron chi connectivity index (χ0n) is 31.4. The molecule has 1 aliphatic carbocycles. The van der Waals surface area contributed by atoms with E-state index in [0.29, 0.717) is 18.2 Å². The second kappa shape index (κ2) is 15.7. The van der Waals surface area contributed by atoms with Crippen LogP contribution in [0.3, 0.4) is 0 Å². The van der Waals surface area contributed by atoms with E-state index in [-0.39, 0.29) is 0 Å². The van der Waals surface area contributed by atoms with Gasteiger partial charge in [-0.3, -0.25) is 9.98 Å². The van der Waals surface area contributed by atoms with Crippen LogP contribution in [0, 0.1) is 0 Å². The van der Waals surface area contributed by atoms with Gasteiger partial charge in [-0.15, -0.1) is 0 Å². The minimum absolute atomic E-state index is 0.335. The van der Waals surface area contributed by atoms with Gasteiger partial charge < -0.3 is 5.73 Å². The van der Waals surface area contributed by atoms with Gasteiger partial charge in [-0.2, -0.15) is 0 Å². The number of nitrogens with zero attached hydrogens (tertiary/aromatic N) is 4. The van der Waals surface area contributed by atoms with Crippen molar-refractivity contribution in [3.8, 4) is 11.3 Å². The fourth-order valence-corrected chi connectivity index (χ4v) is 7.48. The molecule has 1 heterocycles. The highest BCUT2D eigenvalue weighted by Crippen LogP contribution is 2.34. The van der Waals surface area contributed by atoms with Gasteiger partial charge in [-0.25, -0.2) is 9.98 Å². The Bertz CT molecular complexity index is 3050. The summed E-state index contributed by atoms with van der Waals surface area (Å²) in [6, 6.07) is 51.6. The van der Waals surface area contributed by atoms with Crippen LogP contribution in [0.2, 0.25) is 0 Å². The fourth-order valence-electron chi connectivity index (χ4n) is 7.48. The average molecular weight is 734 g/mol. The Labute approximate surface area is 331 Å². The molecule has 9 rings (SSSR count). The van der Waals surface area contributed by atoms with Crippen molar-refractivity contribution in [2.75, 3.05) is 0 Å². The van der Waals surface area contributed by atoms with E-state index in [1.54, 1.807) is 0 Å². The summed E-state index contributed by atoms with van der Waals surface area (Å²) in [5.74, 6) is 0.889. The third kappa shape index (κ3) is 7.34. The summed E-state index contributed by atoms with van der Waals surface area (Å²) in [6.45, 7) is 5.07. The highest BCUT2D eigenvalue weighted by atomic mass is 15.0. The Morgan fingerprint density at radius 1 is 0.667 bits per heavy atom. The Balaban J connectivity index is 1.22. The summed E-state index contributed by atoms with van der Waals surface area (Å²) in [7, 11) is 0. The number of hydrogen-bond acceptors (Lipinski definition) is 3. The minimum Gasteiger partial charge on any atom is -0.383 e. The van der Waals surface area contributed by atoms with Gasteiger partial charge in [-0.1, -0.05) is 164 Å². The highest BCUT2D eigenvalue weighted by Gasteiger charge is 2.15. The predicted molar refractivity (Wildman–Crippen MR) is 239 cm³/mol. The number of amidine groups is 2. The number of aliphatic imine (C=N–C) groups is 2. The van der Waals surface area contributed by atoms with Gasteiger partial charge in [0.1, 0.15) is 5.84 Å². The van der Waals surface area contributed by atoms with Gasteiger partial charge in [0.2, 0.25) is 0 Å². The second-order valence-electron chi connectivity index (χ2n) is 14.1. The van der Waals surface area contributed by atoms with Crippen molar-refractivity contribution < 1.29 is 0 Å². The van der Waals surface area contributed by atoms with Crippen molar-refractivity contribution in [3.05, 3.63) is 221 Å². The first-order chi connectivity index (χ1) is 28.1. The monoisotopic (exact) mass is 733 g/mol. The van der Waals surface area contributed by atoms with Gasteiger partial charge in [0.25, 0.3) is 0 Å². The van der Waals surface area contributed by atoms with Crippen molar-refractivity contribution in [2.24, 2.45) is 15.7 Å². The molecule has 0 saturated carbocycles. The summed E-state index contributed by atoms with van der Waals surface area (Å²) in [6.07, 6.45) is 13.4. The van der Waals surface area contributed by atoms with E-state index in [4.69, 9.17) is 25.7 Å². The largest absolute Gasteiger partial charge is 0.383 e. The summed E-state index contributed by atoms with van der Waals surface area (Å²) in [4.78, 5) is 20.4. The quantitative estimate of drug-likeness (QED) is 0.101. The van der Waals surface area contributed by atoms with Gasteiger partial charge in [0, 0.05) is 27.5 Å². The third-order valence-electron chi connectivity index (χ3n) is 10.4. The normalized spacial score (nSPS) is 14.5. The van der Waals surface area contributed by atoms with Crippen LogP contribution in [0.15, 0.2) is 199 Å². The zero-order chi connectivity index (χ0) is 38.6. The summed E-state index contributed by atoms with van der Waals surface area (Å²) < 4.78 is 0. The Hall–Kier alpha value is -7.50. The Morgan fingerprint density at radius 3 is 2.05 bits per heavy atom. The van der Waals surface area contributed by atoms with Crippen molar-refractivity contribution in [1.29, 1.82) is 0 Å². The lowest BCUT2D eigenvalue weighted by atomic mass is 9.96. The number of nitrogens with two attached hydrogens (primary N) is 1. The molecule has 0 radical (unpaired) electrons. The minimum atomic E-state index is 0.335.